The number of benzene rings is 2. The first-order valence-electron chi connectivity index (χ1n) is 19.7. The number of fused-ring (bicyclic) bond motifs is 1. The number of carbonyl (C=O) groups excluding carboxylic acids is 4. The number of halogens is 5. The molecule has 4 aliphatic heterocycles. The maximum atomic E-state index is 14.1. The third kappa shape index (κ3) is 11.2. The molecule has 4 amide bonds. The molecule has 3 saturated heterocycles. The zero-order chi connectivity index (χ0) is 40.9. The number of likely N-dealkylation sites (tertiary alicyclic amines) is 3. The maximum Gasteiger partial charge on any atom is 0.418 e. The number of urea groups is 1. The number of nitrogens with one attached hydrogen (secondary N) is 1. The van der Waals surface area contributed by atoms with Crippen LogP contribution in [0.25, 0.3) is 0 Å². The van der Waals surface area contributed by atoms with Crippen molar-refractivity contribution in [3.8, 4) is 0 Å². The minimum absolute atomic E-state index is 0.0638. The zero-order valence-corrected chi connectivity index (χ0v) is 35.0. The van der Waals surface area contributed by atoms with E-state index in [1.165, 1.54) is 11.0 Å². The quantitative estimate of drug-likeness (QED) is 0.114. The van der Waals surface area contributed by atoms with Crippen LogP contribution in [0.4, 0.5) is 34.1 Å². The van der Waals surface area contributed by atoms with E-state index in [0.717, 1.165) is 56.1 Å². The molecule has 4 heterocycles. The van der Waals surface area contributed by atoms with Gasteiger partial charge in [0, 0.05) is 54.8 Å². The molecule has 0 saturated carbocycles. The van der Waals surface area contributed by atoms with Crippen LogP contribution in [0.3, 0.4) is 0 Å². The highest BCUT2D eigenvalue weighted by atomic mass is 127. The molecule has 6 rings (SSSR count). The summed E-state index contributed by atoms with van der Waals surface area (Å²) in [6.07, 6.45) is -2.23. The number of piperidine rings is 3. The number of nitrogen functional groups attached to an aromatic ring is 1. The van der Waals surface area contributed by atoms with Crippen LogP contribution >= 0.6 is 34.2 Å². The van der Waals surface area contributed by atoms with Crippen LogP contribution in [-0.4, -0.2) is 119 Å². The summed E-state index contributed by atoms with van der Waals surface area (Å²) >= 11 is 8.36. The highest BCUT2D eigenvalue weighted by Gasteiger charge is 2.39. The Hall–Kier alpha value is -3.51. The number of rotatable bonds is 10. The lowest BCUT2D eigenvalue weighted by molar-refractivity contribution is -0.145. The van der Waals surface area contributed by atoms with E-state index < -0.39 is 35.5 Å². The van der Waals surface area contributed by atoms with E-state index in [1.807, 2.05) is 31.2 Å². The second kappa shape index (κ2) is 19.0. The van der Waals surface area contributed by atoms with Gasteiger partial charge in [-0.25, -0.2) is 9.59 Å². The van der Waals surface area contributed by atoms with Crippen molar-refractivity contribution in [3.05, 3.63) is 58.1 Å². The van der Waals surface area contributed by atoms with E-state index in [0.29, 0.717) is 57.3 Å². The Morgan fingerprint density at radius 2 is 1.58 bits per heavy atom. The molecule has 2 aromatic carbocycles. The fourth-order valence-corrected chi connectivity index (χ4v) is 8.95. The molecule has 0 aliphatic carbocycles. The molecule has 2 aromatic rings. The van der Waals surface area contributed by atoms with Crippen molar-refractivity contribution in [3.63, 3.8) is 0 Å². The van der Waals surface area contributed by atoms with Crippen molar-refractivity contribution in [2.45, 2.75) is 80.5 Å². The normalized spacial score (nSPS) is 20.3. The average molecular weight is 931 g/mol. The Morgan fingerprint density at radius 1 is 0.947 bits per heavy atom. The number of para-hydroxylation sites is 1. The van der Waals surface area contributed by atoms with Gasteiger partial charge >= 0.3 is 24.3 Å². The number of hydrogen-bond acceptors (Lipinski definition) is 8. The molecule has 57 heavy (non-hydrogen) atoms. The zero-order valence-electron chi connectivity index (χ0n) is 32.1. The largest absolute Gasteiger partial charge is 0.464 e. The Bertz CT molecular complexity index is 1760. The smallest absolute Gasteiger partial charge is 0.418 e. The van der Waals surface area contributed by atoms with Crippen molar-refractivity contribution in [1.82, 2.24) is 19.6 Å². The third-order valence-electron chi connectivity index (χ3n) is 11.7. The standard InChI is InChI=1S/C40H51ClF3IN6O6/c1-25(45)24-56-35(52)23-48-13-6-27(7-14-48)28-8-15-49(16-9-28)37(53)34(22-26-20-31(40(42,43)44)36(46)32(41)21-26)57-39(55)50-17-11-30(12-18-50)51-19-10-29-4-2-3-5-33(29)47-38(51)54/h2-5,20-21,25,27-28,30,34H,6-19,22-24,46H2,1H3,(H,47,54)/t25?,34-/m1/s1. The van der Waals surface area contributed by atoms with Gasteiger partial charge in [0.2, 0.25) is 0 Å². The monoisotopic (exact) mass is 930 g/mol. The lowest BCUT2D eigenvalue weighted by Crippen LogP contribution is -2.52. The molecule has 0 bridgehead atoms. The molecule has 312 valence electrons. The lowest BCUT2D eigenvalue weighted by Gasteiger charge is -2.41. The number of nitrogens with two attached hydrogens (primary N) is 1. The number of anilines is 2. The Balaban J connectivity index is 1.07. The molecule has 0 radical (unpaired) electrons. The average Bonchev–Trinajstić information content (AvgIpc) is 3.35. The van der Waals surface area contributed by atoms with Crippen molar-refractivity contribution >= 4 is 69.6 Å². The molecule has 2 atom stereocenters. The predicted octanol–water partition coefficient (Wildman–Crippen LogP) is 6.86. The van der Waals surface area contributed by atoms with E-state index in [9.17, 15) is 32.3 Å². The summed E-state index contributed by atoms with van der Waals surface area (Å²) < 4.78 is 53.2. The second-order valence-electron chi connectivity index (χ2n) is 15.6. The Kier molecular flexibility index (Phi) is 14.4. The molecule has 0 aromatic heterocycles. The van der Waals surface area contributed by atoms with Crippen molar-refractivity contribution in [2.24, 2.45) is 11.8 Å². The number of ether oxygens (including phenoxy) is 2. The molecular formula is C40H51ClF3IN6O6. The summed E-state index contributed by atoms with van der Waals surface area (Å²) in [6, 6.07) is 9.49. The number of esters is 1. The number of nitrogens with zero attached hydrogens (tertiary/aromatic N) is 4. The maximum absolute atomic E-state index is 14.1. The van der Waals surface area contributed by atoms with Gasteiger partial charge in [-0.2, -0.15) is 13.2 Å². The van der Waals surface area contributed by atoms with E-state index in [2.05, 4.69) is 32.8 Å². The summed E-state index contributed by atoms with van der Waals surface area (Å²) in [6.45, 7) is 6.15. The van der Waals surface area contributed by atoms with Crippen LogP contribution in [0, 0.1) is 11.8 Å². The Morgan fingerprint density at radius 3 is 2.23 bits per heavy atom. The van der Waals surface area contributed by atoms with E-state index in [-0.39, 0.29) is 58.6 Å². The fraction of sp³-hybridized carbons (Fsp3) is 0.600. The topological polar surface area (TPSA) is 138 Å². The summed E-state index contributed by atoms with van der Waals surface area (Å²) in [7, 11) is 0. The van der Waals surface area contributed by atoms with Gasteiger partial charge in [-0.05, 0) is 99.2 Å². The first kappa shape index (κ1) is 43.1. The predicted molar refractivity (Wildman–Crippen MR) is 218 cm³/mol. The van der Waals surface area contributed by atoms with Gasteiger partial charge in [-0.3, -0.25) is 14.5 Å². The van der Waals surface area contributed by atoms with Gasteiger partial charge in [0.1, 0.15) is 6.61 Å². The molecule has 3 fully saturated rings. The van der Waals surface area contributed by atoms with Crippen LogP contribution in [0.2, 0.25) is 5.02 Å². The van der Waals surface area contributed by atoms with Crippen molar-refractivity contribution in [2.75, 3.05) is 70.0 Å². The van der Waals surface area contributed by atoms with Crippen molar-refractivity contribution in [1.29, 1.82) is 0 Å². The van der Waals surface area contributed by atoms with E-state index in [4.69, 9.17) is 26.8 Å². The van der Waals surface area contributed by atoms with Gasteiger partial charge in [0.05, 0.1) is 22.8 Å². The molecule has 4 aliphatic rings. The van der Waals surface area contributed by atoms with Crippen LogP contribution in [0.1, 0.15) is 62.1 Å². The minimum Gasteiger partial charge on any atom is -0.464 e. The van der Waals surface area contributed by atoms with Crippen LogP contribution in [0.15, 0.2) is 36.4 Å². The lowest BCUT2D eigenvalue weighted by atomic mass is 9.78. The molecule has 12 nitrogen and oxygen atoms in total. The van der Waals surface area contributed by atoms with Gasteiger partial charge < -0.3 is 35.2 Å². The first-order valence-corrected chi connectivity index (χ1v) is 21.4. The van der Waals surface area contributed by atoms with Gasteiger partial charge in [-0.1, -0.05) is 59.3 Å². The molecule has 0 spiro atoms. The van der Waals surface area contributed by atoms with Gasteiger partial charge in [-0.15, -0.1) is 0 Å². The number of alkyl halides is 4. The van der Waals surface area contributed by atoms with Gasteiger partial charge in [0.15, 0.2) is 6.10 Å². The Labute approximate surface area is 350 Å². The number of amides is 4. The van der Waals surface area contributed by atoms with E-state index in [1.54, 1.807) is 9.80 Å². The third-order valence-corrected chi connectivity index (χ3v) is 12.4. The van der Waals surface area contributed by atoms with Crippen LogP contribution < -0.4 is 11.1 Å². The number of hydrogen-bond donors (Lipinski definition) is 2. The molecule has 1 unspecified atom stereocenters. The second-order valence-corrected chi connectivity index (χ2v) is 18.1. The highest BCUT2D eigenvalue weighted by molar-refractivity contribution is 14.1. The highest BCUT2D eigenvalue weighted by Crippen LogP contribution is 2.39. The molecule has 3 N–H and O–H groups in total. The van der Waals surface area contributed by atoms with E-state index >= 15 is 0 Å². The SMILES string of the molecule is CC(I)COC(=O)CN1CCC(C2CCN(C(=O)[C@@H](Cc3cc(Cl)c(N)c(C(F)(F)F)c3)OC(=O)N3CCC(N4CCc5ccccc5NC4=O)CC3)CC2)CC1. The van der Waals surface area contributed by atoms with Gasteiger partial charge in [0.25, 0.3) is 5.91 Å². The summed E-state index contributed by atoms with van der Waals surface area (Å²) in [5.74, 6) is 0.117. The molecule has 17 heteroatoms. The summed E-state index contributed by atoms with van der Waals surface area (Å²) in [5.41, 5.74) is 5.85. The molecular weight excluding hydrogens is 880 g/mol. The number of carbonyl (C=O) groups is 4. The summed E-state index contributed by atoms with van der Waals surface area (Å²) in [4.78, 5) is 60.2. The summed E-state index contributed by atoms with van der Waals surface area (Å²) in [5, 5.41) is 2.68. The fourth-order valence-electron chi connectivity index (χ4n) is 8.53. The van der Waals surface area contributed by atoms with Crippen LogP contribution in [0.5, 0.6) is 0 Å². The first-order chi connectivity index (χ1) is 27.2. The van der Waals surface area contributed by atoms with Crippen molar-refractivity contribution < 1.29 is 41.8 Å². The van der Waals surface area contributed by atoms with Crippen LogP contribution in [-0.2, 0) is 38.1 Å². The minimum atomic E-state index is -4.79.